The molecular weight excluding hydrogens is 370 g/mol. The lowest BCUT2D eigenvalue weighted by Crippen LogP contribution is -2.58. The van der Waals surface area contributed by atoms with Gasteiger partial charge in [0.05, 0.1) is 6.61 Å². The van der Waals surface area contributed by atoms with E-state index in [4.69, 9.17) is 4.74 Å². The van der Waals surface area contributed by atoms with Crippen LogP contribution in [-0.4, -0.2) is 68.3 Å². The van der Waals surface area contributed by atoms with Gasteiger partial charge < -0.3 is 14.5 Å². The highest BCUT2D eigenvalue weighted by Gasteiger charge is 2.32. The normalized spacial score (nSPS) is 15.8. The van der Waals surface area contributed by atoms with E-state index in [1.807, 2.05) is 0 Å². The molecule has 0 unspecified atom stereocenters. The molecule has 0 N–H and O–H groups in total. The van der Waals surface area contributed by atoms with E-state index in [0.29, 0.717) is 6.61 Å². The second-order valence-corrected chi connectivity index (χ2v) is 8.80. The van der Waals surface area contributed by atoms with Gasteiger partial charge in [0.15, 0.2) is 0 Å². The number of para-hydroxylation sites is 1. The van der Waals surface area contributed by atoms with Crippen molar-refractivity contribution in [3.05, 3.63) is 78.5 Å². The first-order valence-electron chi connectivity index (χ1n) is 11.0. The molecular formula is C26H37N3O. The van der Waals surface area contributed by atoms with Crippen LogP contribution in [0, 0.1) is 0 Å². The van der Waals surface area contributed by atoms with Crippen molar-refractivity contribution in [3.63, 3.8) is 0 Å². The fourth-order valence-corrected chi connectivity index (χ4v) is 4.23. The third kappa shape index (κ3) is 6.18. The molecule has 0 bridgehead atoms. The first kappa shape index (κ1) is 22.5. The van der Waals surface area contributed by atoms with Crippen LogP contribution in [-0.2, 0) is 11.2 Å². The van der Waals surface area contributed by atoms with E-state index in [-0.39, 0.29) is 5.54 Å². The van der Waals surface area contributed by atoms with Crippen molar-refractivity contribution in [1.82, 2.24) is 9.80 Å². The number of nitrogens with zero attached hydrogens (tertiary/aromatic N) is 3. The minimum Gasteiger partial charge on any atom is -0.379 e. The smallest absolute Gasteiger partial charge is 0.0858 e. The Labute approximate surface area is 182 Å². The summed E-state index contributed by atoms with van der Waals surface area (Å²) in [5, 5.41) is 0. The summed E-state index contributed by atoms with van der Waals surface area (Å²) in [6, 6.07) is 21.3. The molecule has 0 saturated carbocycles. The van der Waals surface area contributed by atoms with Crippen LogP contribution < -0.4 is 4.90 Å². The molecule has 2 aromatic carbocycles. The maximum Gasteiger partial charge on any atom is 0.0858 e. The quantitative estimate of drug-likeness (QED) is 0.585. The molecule has 0 atom stereocenters. The maximum atomic E-state index is 5.38. The molecule has 1 aliphatic heterocycles. The number of rotatable bonds is 10. The summed E-state index contributed by atoms with van der Waals surface area (Å²) in [4.78, 5) is 7.53. The molecule has 0 aliphatic carbocycles. The van der Waals surface area contributed by atoms with Gasteiger partial charge in [-0.05, 0) is 38.0 Å². The molecule has 1 aliphatic rings. The van der Waals surface area contributed by atoms with E-state index in [0.717, 1.165) is 51.4 Å². The zero-order valence-corrected chi connectivity index (χ0v) is 18.9. The molecule has 0 aromatic heterocycles. The van der Waals surface area contributed by atoms with Crippen LogP contribution in [0.25, 0.3) is 0 Å². The van der Waals surface area contributed by atoms with Gasteiger partial charge in [-0.1, -0.05) is 55.1 Å². The minimum atomic E-state index is 0.0397. The molecule has 0 spiro atoms. The number of benzene rings is 2. The standard InChI is InChI=1S/C26H37N3O/c1-23(21-30-4)29(25-13-9-6-10-14-25)22-26(2,3)28-19-17-27(18-20-28)16-15-24-11-7-5-8-12-24/h5-14H,1,15-22H2,2-4H3. The van der Waals surface area contributed by atoms with Crippen LogP contribution in [0.5, 0.6) is 0 Å². The third-order valence-corrected chi connectivity index (χ3v) is 6.09. The van der Waals surface area contributed by atoms with E-state index in [9.17, 15) is 0 Å². The van der Waals surface area contributed by atoms with Crippen molar-refractivity contribution in [2.75, 3.05) is 57.9 Å². The van der Waals surface area contributed by atoms with Gasteiger partial charge in [-0.15, -0.1) is 0 Å². The summed E-state index contributed by atoms with van der Waals surface area (Å²) >= 11 is 0. The SMILES string of the molecule is C=C(COC)N(CC(C)(C)N1CCN(CCc2ccccc2)CC1)c1ccccc1. The Balaban J connectivity index is 1.57. The average molecular weight is 408 g/mol. The van der Waals surface area contributed by atoms with Crippen molar-refractivity contribution in [2.24, 2.45) is 0 Å². The molecule has 2 aromatic rings. The van der Waals surface area contributed by atoms with Gasteiger partial charge in [0, 0.05) is 63.3 Å². The maximum absolute atomic E-state index is 5.38. The zero-order chi connectivity index (χ0) is 21.4. The predicted octanol–water partition coefficient (Wildman–Crippen LogP) is 4.29. The number of anilines is 1. The van der Waals surface area contributed by atoms with Crippen molar-refractivity contribution in [3.8, 4) is 0 Å². The minimum absolute atomic E-state index is 0.0397. The van der Waals surface area contributed by atoms with Crippen molar-refractivity contribution in [1.29, 1.82) is 0 Å². The van der Waals surface area contributed by atoms with Crippen LogP contribution >= 0.6 is 0 Å². The Morgan fingerprint density at radius 1 is 0.967 bits per heavy atom. The van der Waals surface area contributed by atoms with Crippen LogP contribution in [0.2, 0.25) is 0 Å². The topological polar surface area (TPSA) is 19.0 Å². The number of piperazine rings is 1. The molecule has 0 amide bonds. The molecule has 3 rings (SSSR count). The lowest BCUT2D eigenvalue weighted by molar-refractivity contribution is 0.0565. The lowest BCUT2D eigenvalue weighted by atomic mass is 9.99. The Morgan fingerprint density at radius 3 is 2.17 bits per heavy atom. The highest BCUT2D eigenvalue weighted by molar-refractivity contribution is 5.52. The van der Waals surface area contributed by atoms with Gasteiger partial charge in [0.2, 0.25) is 0 Å². The second-order valence-electron chi connectivity index (χ2n) is 8.80. The summed E-state index contributed by atoms with van der Waals surface area (Å²) in [7, 11) is 1.73. The first-order valence-corrected chi connectivity index (χ1v) is 11.0. The second kappa shape index (κ2) is 10.8. The Morgan fingerprint density at radius 2 is 1.57 bits per heavy atom. The van der Waals surface area contributed by atoms with Gasteiger partial charge >= 0.3 is 0 Å². The van der Waals surface area contributed by atoms with Crippen LogP contribution in [0.4, 0.5) is 5.69 Å². The van der Waals surface area contributed by atoms with E-state index >= 15 is 0 Å². The van der Waals surface area contributed by atoms with Crippen LogP contribution in [0.3, 0.4) is 0 Å². The largest absolute Gasteiger partial charge is 0.379 e. The average Bonchev–Trinajstić information content (AvgIpc) is 2.78. The fourth-order valence-electron chi connectivity index (χ4n) is 4.23. The number of hydrogen-bond donors (Lipinski definition) is 0. The Kier molecular flexibility index (Phi) is 8.08. The monoisotopic (exact) mass is 407 g/mol. The van der Waals surface area contributed by atoms with Gasteiger partial charge in [-0.25, -0.2) is 0 Å². The zero-order valence-electron chi connectivity index (χ0n) is 18.9. The summed E-state index contributed by atoms with van der Waals surface area (Å²) < 4.78 is 5.38. The highest BCUT2D eigenvalue weighted by Crippen LogP contribution is 2.25. The van der Waals surface area contributed by atoms with Crippen molar-refractivity contribution < 1.29 is 4.74 Å². The molecule has 162 valence electrons. The summed E-state index contributed by atoms with van der Waals surface area (Å²) in [5.41, 5.74) is 3.64. The molecule has 1 saturated heterocycles. The molecule has 4 heteroatoms. The Bertz CT molecular complexity index is 767. The van der Waals surface area contributed by atoms with Gasteiger partial charge in [-0.3, -0.25) is 4.90 Å². The predicted molar refractivity (Wildman–Crippen MR) is 127 cm³/mol. The molecule has 0 radical (unpaired) electrons. The van der Waals surface area contributed by atoms with E-state index < -0.39 is 0 Å². The number of methoxy groups -OCH3 is 1. The molecule has 4 nitrogen and oxygen atoms in total. The lowest BCUT2D eigenvalue weighted by Gasteiger charge is -2.46. The molecule has 1 heterocycles. The van der Waals surface area contributed by atoms with E-state index in [2.05, 4.69) is 95.8 Å². The van der Waals surface area contributed by atoms with Crippen LogP contribution in [0.15, 0.2) is 72.9 Å². The van der Waals surface area contributed by atoms with Gasteiger partial charge in [0.1, 0.15) is 0 Å². The highest BCUT2D eigenvalue weighted by atomic mass is 16.5. The van der Waals surface area contributed by atoms with E-state index in [1.165, 1.54) is 11.3 Å². The van der Waals surface area contributed by atoms with Crippen LogP contribution in [0.1, 0.15) is 19.4 Å². The fraction of sp³-hybridized carbons (Fsp3) is 0.462. The summed E-state index contributed by atoms with van der Waals surface area (Å²) in [5.74, 6) is 0. The summed E-state index contributed by atoms with van der Waals surface area (Å²) in [6.45, 7) is 16.0. The number of ether oxygens (including phenoxy) is 1. The molecule has 1 fully saturated rings. The third-order valence-electron chi connectivity index (χ3n) is 6.09. The van der Waals surface area contributed by atoms with E-state index in [1.54, 1.807) is 7.11 Å². The van der Waals surface area contributed by atoms with Crippen molar-refractivity contribution in [2.45, 2.75) is 25.8 Å². The molecule has 30 heavy (non-hydrogen) atoms. The summed E-state index contributed by atoms with van der Waals surface area (Å²) in [6.07, 6.45) is 1.13. The van der Waals surface area contributed by atoms with Gasteiger partial charge in [-0.2, -0.15) is 0 Å². The number of hydrogen-bond acceptors (Lipinski definition) is 4. The Hall–Kier alpha value is -2.14. The first-order chi connectivity index (χ1) is 14.5. The van der Waals surface area contributed by atoms with Crippen molar-refractivity contribution >= 4 is 5.69 Å². The van der Waals surface area contributed by atoms with Gasteiger partial charge in [0.25, 0.3) is 0 Å².